The Morgan fingerprint density at radius 3 is 2.65 bits per heavy atom. The molecule has 96 valence electrons. The van der Waals surface area contributed by atoms with E-state index in [9.17, 15) is 4.79 Å². The molecule has 0 fully saturated rings. The molecule has 0 spiro atoms. The van der Waals surface area contributed by atoms with Crippen molar-refractivity contribution in [3.05, 3.63) is 5.82 Å². The number of rotatable bonds is 6. The summed E-state index contributed by atoms with van der Waals surface area (Å²) >= 11 is 1.50. The molecule has 0 aliphatic heterocycles. The molecule has 0 aliphatic rings. The van der Waals surface area contributed by atoms with Crippen molar-refractivity contribution in [2.75, 3.05) is 5.75 Å². The summed E-state index contributed by atoms with van der Waals surface area (Å²) in [5, 5.41) is 10.5. The first-order valence-corrected chi connectivity index (χ1v) is 6.82. The fourth-order valence-corrected chi connectivity index (χ4v) is 1.95. The number of aromatic amines is 1. The van der Waals surface area contributed by atoms with Crippen LogP contribution in [0.1, 0.15) is 45.9 Å². The Balaban J connectivity index is 2.28. The van der Waals surface area contributed by atoms with Crippen molar-refractivity contribution in [3.8, 4) is 0 Å². The number of aromatic nitrogens is 3. The van der Waals surface area contributed by atoms with Crippen LogP contribution in [-0.2, 0) is 4.79 Å². The molecule has 6 heteroatoms. The van der Waals surface area contributed by atoms with Gasteiger partial charge in [-0.3, -0.25) is 9.89 Å². The summed E-state index contributed by atoms with van der Waals surface area (Å²) in [7, 11) is 0. The van der Waals surface area contributed by atoms with E-state index in [4.69, 9.17) is 0 Å². The van der Waals surface area contributed by atoms with Crippen LogP contribution in [0.5, 0.6) is 0 Å². The Bertz CT molecular complexity index is 362. The molecule has 0 atom stereocenters. The summed E-state index contributed by atoms with van der Waals surface area (Å²) in [6.07, 6.45) is 0.494. The standard InChI is InChI=1S/C11H20N4OS/c1-7(2)10-13-11(15-14-10)17-6-5-9(16)12-8(3)4/h7-8H,5-6H2,1-4H3,(H,12,16)(H,13,14,15). The maximum absolute atomic E-state index is 11.4. The molecule has 5 nitrogen and oxygen atoms in total. The lowest BCUT2D eigenvalue weighted by Crippen LogP contribution is -2.30. The first kappa shape index (κ1) is 14.0. The molecule has 0 aliphatic carbocycles. The molecular weight excluding hydrogens is 236 g/mol. The van der Waals surface area contributed by atoms with E-state index in [1.165, 1.54) is 11.8 Å². The largest absolute Gasteiger partial charge is 0.354 e. The monoisotopic (exact) mass is 256 g/mol. The van der Waals surface area contributed by atoms with Crippen LogP contribution in [-0.4, -0.2) is 32.9 Å². The normalized spacial score (nSPS) is 11.2. The SMILES string of the molecule is CC(C)NC(=O)CCSc1n[nH]c(C(C)C)n1. The fraction of sp³-hybridized carbons (Fsp3) is 0.727. The van der Waals surface area contributed by atoms with Crippen LogP contribution in [0.4, 0.5) is 0 Å². The van der Waals surface area contributed by atoms with Gasteiger partial charge in [0.2, 0.25) is 11.1 Å². The van der Waals surface area contributed by atoms with Gasteiger partial charge in [0.1, 0.15) is 5.82 Å². The predicted molar refractivity (Wildman–Crippen MR) is 69.1 cm³/mol. The van der Waals surface area contributed by atoms with Crippen molar-refractivity contribution >= 4 is 17.7 Å². The Labute approximate surface area is 106 Å². The molecule has 0 saturated carbocycles. The molecule has 1 aromatic rings. The smallest absolute Gasteiger partial charge is 0.221 e. The fourth-order valence-electron chi connectivity index (χ4n) is 1.21. The van der Waals surface area contributed by atoms with E-state index in [1.807, 2.05) is 13.8 Å². The first-order chi connectivity index (χ1) is 7.99. The van der Waals surface area contributed by atoms with Crippen LogP contribution < -0.4 is 5.32 Å². The van der Waals surface area contributed by atoms with Gasteiger partial charge < -0.3 is 5.32 Å². The third kappa shape index (κ3) is 5.21. The summed E-state index contributed by atoms with van der Waals surface area (Å²) in [6.45, 7) is 8.03. The lowest BCUT2D eigenvalue weighted by molar-refractivity contribution is -0.121. The Hall–Kier alpha value is -1.04. The number of H-pyrrole nitrogens is 1. The van der Waals surface area contributed by atoms with Gasteiger partial charge in [-0.1, -0.05) is 25.6 Å². The van der Waals surface area contributed by atoms with Gasteiger partial charge in [-0.05, 0) is 13.8 Å². The average Bonchev–Trinajstić information content (AvgIpc) is 2.65. The molecule has 0 bridgehead atoms. The Kier molecular flexibility index (Phi) is 5.47. The van der Waals surface area contributed by atoms with Gasteiger partial charge in [0.05, 0.1) is 0 Å². The number of amides is 1. The van der Waals surface area contributed by atoms with E-state index in [-0.39, 0.29) is 11.9 Å². The topological polar surface area (TPSA) is 70.7 Å². The quantitative estimate of drug-likeness (QED) is 0.763. The van der Waals surface area contributed by atoms with E-state index in [0.29, 0.717) is 23.2 Å². The molecule has 2 N–H and O–H groups in total. The number of carbonyl (C=O) groups is 1. The van der Waals surface area contributed by atoms with Gasteiger partial charge in [0.25, 0.3) is 0 Å². The lowest BCUT2D eigenvalue weighted by atomic mass is 10.2. The van der Waals surface area contributed by atoms with Crippen molar-refractivity contribution in [2.45, 2.75) is 51.2 Å². The molecule has 1 amide bonds. The Morgan fingerprint density at radius 1 is 1.41 bits per heavy atom. The average molecular weight is 256 g/mol. The zero-order chi connectivity index (χ0) is 12.8. The molecule has 0 saturated heterocycles. The van der Waals surface area contributed by atoms with Gasteiger partial charge in [0.15, 0.2) is 0 Å². The van der Waals surface area contributed by atoms with Gasteiger partial charge in [-0.15, -0.1) is 5.10 Å². The van der Waals surface area contributed by atoms with Crippen LogP contribution in [0.2, 0.25) is 0 Å². The van der Waals surface area contributed by atoms with Gasteiger partial charge >= 0.3 is 0 Å². The summed E-state index contributed by atoms with van der Waals surface area (Å²) < 4.78 is 0. The van der Waals surface area contributed by atoms with Crippen LogP contribution in [0, 0.1) is 0 Å². The maximum atomic E-state index is 11.4. The Morgan fingerprint density at radius 2 is 2.12 bits per heavy atom. The van der Waals surface area contributed by atoms with Crippen molar-refractivity contribution in [1.82, 2.24) is 20.5 Å². The number of hydrogen-bond donors (Lipinski definition) is 2. The number of thioether (sulfide) groups is 1. The lowest BCUT2D eigenvalue weighted by Gasteiger charge is -2.06. The highest BCUT2D eigenvalue weighted by molar-refractivity contribution is 7.99. The van der Waals surface area contributed by atoms with Gasteiger partial charge in [-0.25, -0.2) is 4.98 Å². The molecular formula is C11H20N4OS. The minimum Gasteiger partial charge on any atom is -0.354 e. The van der Waals surface area contributed by atoms with E-state index in [1.54, 1.807) is 0 Å². The van der Waals surface area contributed by atoms with Crippen LogP contribution in [0.3, 0.4) is 0 Å². The summed E-state index contributed by atoms with van der Waals surface area (Å²) in [5.41, 5.74) is 0. The summed E-state index contributed by atoms with van der Waals surface area (Å²) in [6, 6.07) is 0.198. The van der Waals surface area contributed by atoms with E-state index in [2.05, 4.69) is 34.3 Å². The van der Waals surface area contributed by atoms with Gasteiger partial charge in [0, 0.05) is 24.1 Å². The minimum atomic E-state index is 0.0760. The minimum absolute atomic E-state index is 0.0760. The first-order valence-electron chi connectivity index (χ1n) is 5.83. The second kappa shape index (κ2) is 6.64. The zero-order valence-electron chi connectivity index (χ0n) is 10.8. The van der Waals surface area contributed by atoms with Crippen LogP contribution in [0.15, 0.2) is 5.16 Å². The molecule has 1 aromatic heterocycles. The van der Waals surface area contributed by atoms with Crippen molar-refractivity contribution in [3.63, 3.8) is 0 Å². The van der Waals surface area contributed by atoms with E-state index >= 15 is 0 Å². The highest BCUT2D eigenvalue weighted by Crippen LogP contribution is 2.16. The van der Waals surface area contributed by atoms with Crippen molar-refractivity contribution < 1.29 is 4.79 Å². The highest BCUT2D eigenvalue weighted by Gasteiger charge is 2.08. The van der Waals surface area contributed by atoms with E-state index < -0.39 is 0 Å². The molecule has 17 heavy (non-hydrogen) atoms. The van der Waals surface area contributed by atoms with Crippen LogP contribution >= 0.6 is 11.8 Å². The van der Waals surface area contributed by atoms with Crippen molar-refractivity contribution in [2.24, 2.45) is 0 Å². The summed E-state index contributed by atoms with van der Waals surface area (Å²) in [5.74, 6) is 2.01. The van der Waals surface area contributed by atoms with E-state index in [0.717, 1.165) is 5.82 Å². The van der Waals surface area contributed by atoms with Crippen molar-refractivity contribution in [1.29, 1.82) is 0 Å². The third-order valence-corrected chi connectivity index (χ3v) is 2.89. The number of hydrogen-bond acceptors (Lipinski definition) is 4. The number of nitrogens with zero attached hydrogens (tertiary/aromatic N) is 2. The highest BCUT2D eigenvalue weighted by atomic mass is 32.2. The second-order valence-corrected chi connectivity index (χ2v) is 5.54. The summed E-state index contributed by atoms with van der Waals surface area (Å²) in [4.78, 5) is 15.7. The maximum Gasteiger partial charge on any atom is 0.221 e. The second-order valence-electron chi connectivity index (χ2n) is 4.48. The third-order valence-electron chi connectivity index (χ3n) is 2.04. The molecule has 1 heterocycles. The molecule has 0 radical (unpaired) electrons. The van der Waals surface area contributed by atoms with Gasteiger partial charge in [-0.2, -0.15) is 0 Å². The molecule has 0 unspecified atom stereocenters. The predicted octanol–water partition coefficient (Wildman–Crippen LogP) is 1.93. The van der Waals surface area contributed by atoms with Crippen LogP contribution in [0.25, 0.3) is 0 Å². The number of nitrogens with one attached hydrogen (secondary N) is 2. The molecule has 0 aromatic carbocycles. The number of carbonyl (C=O) groups excluding carboxylic acids is 1. The zero-order valence-corrected chi connectivity index (χ0v) is 11.6. The molecule has 1 rings (SSSR count).